The Labute approximate surface area is 180 Å². The van der Waals surface area contributed by atoms with Gasteiger partial charge in [-0.25, -0.2) is 4.98 Å². The summed E-state index contributed by atoms with van der Waals surface area (Å²) < 4.78 is 10.6. The molecule has 7 heteroatoms. The Morgan fingerprint density at radius 2 is 1.71 bits per heavy atom. The quantitative estimate of drug-likeness (QED) is 0.496. The Morgan fingerprint density at radius 3 is 2.48 bits per heavy atom. The second kappa shape index (κ2) is 9.21. The first-order chi connectivity index (χ1) is 15.2. The third-order valence-corrected chi connectivity index (χ3v) is 4.98. The minimum atomic E-state index is -0.227. The lowest BCUT2D eigenvalue weighted by molar-refractivity contribution is 0.0949. The number of ether oxygens (including phenoxy) is 2. The average Bonchev–Trinajstić information content (AvgIpc) is 2.83. The Balaban J connectivity index is 1.53. The number of rotatable bonds is 7. The Bertz CT molecular complexity index is 1210. The van der Waals surface area contributed by atoms with Gasteiger partial charge < -0.3 is 14.8 Å². The summed E-state index contributed by atoms with van der Waals surface area (Å²) in [6.45, 7) is 0.467. The number of nitrogens with one attached hydrogen (secondary N) is 1. The van der Waals surface area contributed by atoms with Gasteiger partial charge in [-0.15, -0.1) is 0 Å². The second-order valence-electron chi connectivity index (χ2n) is 6.88. The van der Waals surface area contributed by atoms with Crippen LogP contribution in [0.2, 0.25) is 0 Å². The average molecular weight is 414 g/mol. The summed E-state index contributed by atoms with van der Waals surface area (Å²) in [4.78, 5) is 25.7. The van der Waals surface area contributed by atoms with Crippen LogP contribution in [0, 0.1) is 0 Å². The normalized spacial score (nSPS) is 10.6. The highest BCUT2D eigenvalue weighted by atomic mass is 16.5. The number of carbonyl (C=O) groups excluding carboxylic acids is 1. The Hall–Kier alpha value is -4.00. The summed E-state index contributed by atoms with van der Waals surface area (Å²) in [5.41, 5.74) is 3.96. The molecule has 1 aromatic carbocycles. The van der Waals surface area contributed by atoms with E-state index in [-0.39, 0.29) is 5.91 Å². The zero-order valence-corrected chi connectivity index (χ0v) is 17.3. The van der Waals surface area contributed by atoms with Crippen molar-refractivity contribution in [3.8, 4) is 22.6 Å². The molecule has 4 aromatic rings. The topological polar surface area (TPSA) is 86.2 Å². The van der Waals surface area contributed by atoms with Gasteiger partial charge in [-0.3, -0.25) is 14.8 Å². The largest absolute Gasteiger partial charge is 0.493 e. The number of fused-ring (bicyclic) bond motifs is 1. The van der Waals surface area contributed by atoms with Crippen molar-refractivity contribution in [3.63, 3.8) is 0 Å². The van der Waals surface area contributed by atoms with Crippen molar-refractivity contribution >= 4 is 16.8 Å². The molecule has 0 fully saturated rings. The summed E-state index contributed by atoms with van der Waals surface area (Å²) in [6.07, 6.45) is 7.53. The number of pyridine rings is 3. The summed E-state index contributed by atoms with van der Waals surface area (Å²) in [5, 5.41) is 3.84. The molecule has 0 unspecified atom stereocenters. The van der Waals surface area contributed by atoms with E-state index in [9.17, 15) is 4.79 Å². The highest BCUT2D eigenvalue weighted by molar-refractivity contribution is 6.00. The lowest BCUT2D eigenvalue weighted by Gasteiger charge is -2.11. The molecule has 0 atom stereocenters. The van der Waals surface area contributed by atoms with E-state index in [1.54, 1.807) is 51.1 Å². The Kier molecular flexibility index (Phi) is 6.03. The molecule has 3 aromatic heterocycles. The van der Waals surface area contributed by atoms with Crippen molar-refractivity contribution in [2.45, 2.75) is 6.42 Å². The first-order valence-electron chi connectivity index (χ1n) is 9.84. The zero-order valence-electron chi connectivity index (χ0n) is 17.3. The van der Waals surface area contributed by atoms with Gasteiger partial charge in [0.1, 0.15) is 5.69 Å². The summed E-state index contributed by atoms with van der Waals surface area (Å²) in [6, 6.07) is 13.1. The molecule has 156 valence electrons. The van der Waals surface area contributed by atoms with Crippen molar-refractivity contribution in [1.29, 1.82) is 0 Å². The molecule has 1 amide bonds. The number of carbonyl (C=O) groups is 1. The van der Waals surface area contributed by atoms with Crippen LogP contribution in [0.4, 0.5) is 0 Å². The minimum Gasteiger partial charge on any atom is -0.493 e. The maximum atomic E-state index is 12.8. The molecule has 0 radical (unpaired) electrons. The van der Waals surface area contributed by atoms with Gasteiger partial charge in [0, 0.05) is 36.7 Å². The molecule has 0 saturated carbocycles. The third kappa shape index (κ3) is 4.45. The van der Waals surface area contributed by atoms with E-state index < -0.39 is 0 Å². The zero-order chi connectivity index (χ0) is 21.6. The first-order valence-corrected chi connectivity index (χ1v) is 9.84. The predicted octanol–water partition coefficient (Wildman–Crippen LogP) is 3.68. The van der Waals surface area contributed by atoms with Gasteiger partial charge in [-0.2, -0.15) is 0 Å². The van der Waals surface area contributed by atoms with Gasteiger partial charge >= 0.3 is 0 Å². The number of hydrogen-bond acceptors (Lipinski definition) is 6. The molecule has 4 rings (SSSR count). The van der Waals surface area contributed by atoms with Crippen LogP contribution in [0.1, 0.15) is 16.1 Å². The fraction of sp³-hybridized carbons (Fsp3) is 0.167. The van der Waals surface area contributed by atoms with Crippen LogP contribution in [-0.4, -0.2) is 41.6 Å². The van der Waals surface area contributed by atoms with Crippen LogP contribution in [0.3, 0.4) is 0 Å². The lowest BCUT2D eigenvalue weighted by Crippen LogP contribution is -2.26. The van der Waals surface area contributed by atoms with E-state index >= 15 is 0 Å². The maximum absolute atomic E-state index is 12.8. The lowest BCUT2D eigenvalue weighted by atomic mass is 10.0. The number of benzene rings is 1. The number of hydrogen-bond donors (Lipinski definition) is 1. The number of aromatic nitrogens is 3. The molecule has 3 heterocycles. The highest BCUT2D eigenvalue weighted by Crippen LogP contribution is 2.28. The van der Waals surface area contributed by atoms with Crippen LogP contribution in [0.25, 0.3) is 22.0 Å². The molecule has 7 nitrogen and oxygen atoms in total. The highest BCUT2D eigenvalue weighted by Gasteiger charge is 2.13. The van der Waals surface area contributed by atoms with E-state index in [0.29, 0.717) is 35.7 Å². The van der Waals surface area contributed by atoms with Gasteiger partial charge in [-0.1, -0.05) is 6.07 Å². The maximum Gasteiger partial charge on any atom is 0.269 e. The molecule has 0 bridgehead atoms. The number of methoxy groups -OCH3 is 2. The van der Waals surface area contributed by atoms with Gasteiger partial charge in [-0.05, 0) is 59.5 Å². The molecule has 0 saturated heterocycles. The van der Waals surface area contributed by atoms with Crippen LogP contribution < -0.4 is 14.8 Å². The monoisotopic (exact) mass is 414 g/mol. The van der Waals surface area contributed by atoms with E-state index in [1.807, 2.05) is 30.3 Å². The summed E-state index contributed by atoms with van der Waals surface area (Å²) >= 11 is 0. The molecule has 0 aliphatic rings. The SMILES string of the molecule is COc1ccc(CCNC(=O)c2cc(-c3ccncc3)c3cnccc3n2)cc1OC. The van der Waals surface area contributed by atoms with E-state index in [2.05, 4.69) is 20.3 Å². The van der Waals surface area contributed by atoms with Crippen LogP contribution >= 0.6 is 0 Å². The van der Waals surface area contributed by atoms with E-state index in [1.165, 1.54) is 0 Å². The van der Waals surface area contributed by atoms with Crippen molar-refractivity contribution in [2.75, 3.05) is 20.8 Å². The fourth-order valence-electron chi connectivity index (χ4n) is 3.40. The molecule has 0 spiro atoms. The molecule has 1 N–H and O–H groups in total. The van der Waals surface area contributed by atoms with Crippen molar-refractivity contribution in [3.05, 3.63) is 78.5 Å². The number of nitrogens with zero attached hydrogens (tertiary/aromatic N) is 3. The van der Waals surface area contributed by atoms with Gasteiger partial charge in [0.25, 0.3) is 5.91 Å². The van der Waals surface area contributed by atoms with Gasteiger partial charge in [0.2, 0.25) is 0 Å². The molecule has 0 aliphatic carbocycles. The molecule has 0 aliphatic heterocycles. The smallest absolute Gasteiger partial charge is 0.269 e. The third-order valence-electron chi connectivity index (χ3n) is 4.98. The minimum absolute atomic E-state index is 0.227. The predicted molar refractivity (Wildman–Crippen MR) is 118 cm³/mol. The van der Waals surface area contributed by atoms with Crippen LogP contribution in [-0.2, 0) is 6.42 Å². The van der Waals surface area contributed by atoms with Crippen molar-refractivity contribution in [2.24, 2.45) is 0 Å². The van der Waals surface area contributed by atoms with E-state index in [4.69, 9.17) is 9.47 Å². The van der Waals surface area contributed by atoms with Gasteiger partial charge in [0.15, 0.2) is 11.5 Å². The molecule has 31 heavy (non-hydrogen) atoms. The summed E-state index contributed by atoms with van der Waals surface area (Å²) in [5.74, 6) is 1.11. The fourth-order valence-corrected chi connectivity index (χ4v) is 3.40. The van der Waals surface area contributed by atoms with Crippen LogP contribution in [0.5, 0.6) is 11.5 Å². The van der Waals surface area contributed by atoms with Crippen molar-refractivity contribution in [1.82, 2.24) is 20.3 Å². The van der Waals surface area contributed by atoms with Crippen LogP contribution in [0.15, 0.2) is 67.3 Å². The van der Waals surface area contributed by atoms with Gasteiger partial charge in [0.05, 0.1) is 19.7 Å². The summed E-state index contributed by atoms with van der Waals surface area (Å²) in [7, 11) is 3.20. The first kappa shape index (κ1) is 20.3. The molecular weight excluding hydrogens is 392 g/mol. The Morgan fingerprint density at radius 1 is 0.935 bits per heavy atom. The van der Waals surface area contributed by atoms with E-state index in [0.717, 1.165) is 22.1 Å². The number of amides is 1. The molecular formula is C24H22N4O3. The standard InChI is InChI=1S/C24H22N4O3/c1-30-22-4-3-16(13-23(22)31-2)5-12-27-24(29)21-14-18(17-6-9-25-10-7-17)19-15-26-11-8-20(19)28-21/h3-4,6-11,13-15H,5,12H2,1-2H3,(H,27,29). The second-order valence-corrected chi connectivity index (χ2v) is 6.88. The van der Waals surface area contributed by atoms with Crippen molar-refractivity contribution < 1.29 is 14.3 Å².